The van der Waals surface area contributed by atoms with Gasteiger partial charge in [-0.2, -0.15) is 0 Å². The Morgan fingerprint density at radius 3 is 2.78 bits per heavy atom. The molecule has 164 valence electrons. The number of amides is 1. The molecule has 2 heterocycles. The van der Waals surface area contributed by atoms with Gasteiger partial charge in [-0.15, -0.1) is 0 Å². The molecule has 4 rings (SSSR count). The van der Waals surface area contributed by atoms with Gasteiger partial charge in [0, 0.05) is 49.6 Å². The number of anilines is 2. The second-order valence-electron chi connectivity index (χ2n) is 7.68. The lowest BCUT2D eigenvalue weighted by atomic mass is 10.0. The highest BCUT2D eigenvalue weighted by atomic mass is 35.5. The number of aldehydes is 1. The van der Waals surface area contributed by atoms with Crippen molar-refractivity contribution in [1.29, 1.82) is 0 Å². The minimum atomic E-state index is -0.123. The number of para-hydroxylation sites is 1. The molecular formula is C25H24ClN3O3. The number of halogens is 1. The zero-order chi connectivity index (χ0) is 22.5. The molecule has 1 aromatic heterocycles. The Bertz CT molecular complexity index is 1110. The fraction of sp³-hybridized carbons (Fsp3) is 0.240. The predicted octanol–water partition coefficient (Wildman–Crippen LogP) is 4.41. The first-order valence-corrected chi connectivity index (χ1v) is 10.9. The Hall–Kier alpha value is -3.38. The molecule has 1 amide bonds. The summed E-state index contributed by atoms with van der Waals surface area (Å²) >= 11 is 6.16. The largest absolute Gasteiger partial charge is 0.471 e. The van der Waals surface area contributed by atoms with E-state index in [1.807, 2.05) is 48.5 Å². The smallest absolute Gasteiger partial charge is 0.258 e. The number of aromatic nitrogens is 1. The van der Waals surface area contributed by atoms with Crippen molar-refractivity contribution in [3.63, 3.8) is 0 Å². The normalized spacial score (nSPS) is 15.4. The zero-order valence-electron chi connectivity index (χ0n) is 17.8. The van der Waals surface area contributed by atoms with Crippen molar-refractivity contribution in [2.45, 2.75) is 18.9 Å². The van der Waals surface area contributed by atoms with E-state index < -0.39 is 0 Å². The number of carbonyl (C=O) groups is 2. The van der Waals surface area contributed by atoms with Crippen LogP contribution in [-0.2, 0) is 11.2 Å². The molecule has 3 aromatic rings. The third-order valence-corrected chi connectivity index (χ3v) is 5.85. The van der Waals surface area contributed by atoms with Crippen LogP contribution in [0.15, 0.2) is 66.9 Å². The molecular weight excluding hydrogens is 426 g/mol. The molecule has 1 aliphatic heterocycles. The first-order valence-electron chi connectivity index (χ1n) is 10.5. The van der Waals surface area contributed by atoms with Crippen molar-refractivity contribution >= 4 is 35.2 Å². The van der Waals surface area contributed by atoms with Crippen molar-refractivity contribution in [2.75, 3.05) is 29.9 Å². The summed E-state index contributed by atoms with van der Waals surface area (Å²) in [5.41, 5.74) is 3.12. The Labute approximate surface area is 192 Å². The average Bonchev–Trinajstić information content (AvgIpc) is 3.28. The van der Waals surface area contributed by atoms with Gasteiger partial charge in [-0.1, -0.05) is 29.8 Å². The van der Waals surface area contributed by atoms with E-state index in [1.54, 1.807) is 30.3 Å². The van der Waals surface area contributed by atoms with Gasteiger partial charge < -0.3 is 19.3 Å². The fourth-order valence-corrected chi connectivity index (χ4v) is 4.07. The van der Waals surface area contributed by atoms with Crippen LogP contribution in [0.3, 0.4) is 0 Å². The monoisotopic (exact) mass is 449 g/mol. The van der Waals surface area contributed by atoms with Gasteiger partial charge in [0.2, 0.25) is 5.88 Å². The minimum Gasteiger partial charge on any atom is -0.471 e. The second-order valence-corrected chi connectivity index (χ2v) is 8.09. The van der Waals surface area contributed by atoms with Crippen LogP contribution in [0.25, 0.3) is 0 Å². The molecule has 6 nitrogen and oxygen atoms in total. The van der Waals surface area contributed by atoms with E-state index in [4.69, 9.17) is 16.3 Å². The summed E-state index contributed by atoms with van der Waals surface area (Å²) in [4.78, 5) is 32.3. The Morgan fingerprint density at radius 2 is 2.03 bits per heavy atom. The van der Waals surface area contributed by atoms with Crippen LogP contribution in [0.5, 0.6) is 5.88 Å². The molecule has 32 heavy (non-hydrogen) atoms. The maximum absolute atomic E-state index is 13.0. The highest BCUT2D eigenvalue weighted by Gasteiger charge is 2.27. The van der Waals surface area contributed by atoms with Crippen LogP contribution in [0.2, 0.25) is 5.02 Å². The number of ether oxygens (including phenoxy) is 1. The van der Waals surface area contributed by atoms with Gasteiger partial charge in [0.1, 0.15) is 17.4 Å². The van der Waals surface area contributed by atoms with Crippen molar-refractivity contribution in [1.82, 2.24) is 4.98 Å². The number of nitrogens with zero attached hydrogens (tertiary/aromatic N) is 3. The number of hydrogen-bond acceptors (Lipinski definition) is 5. The standard InChI is InChI=1S/C25H24ClN3O3/c1-28(20-6-3-2-4-7-20)25(31)19-9-10-23(18(16-19)12-15-30)29-14-11-21(17-29)32-24-22(26)8-5-13-27-24/h2-10,13,15-16,21H,11-12,14,17H2,1H3/t21-/m0/s1. The molecule has 1 fully saturated rings. The van der Waals surface area contributed by atoms with Gasteiger partial charge in [-0.05, 0) is 48.0 Å². The van der Waals surface area contributed by atoms with E-state index in [9.17, 15) is 9.59 Å². The predicted molar refractivity (Wildman–Crippen MR) is 126 cm³/mol. The van der Waals surface area contributed by atoms with Gasteiger partial charge >= 0.3 is 0 Å². The minimum absolute atomic E-state index is 0.0583. The van der Waals surface area contributed by atoms with Crippen LogP contribution in [0, 0.1) is 0 Å². The summed E-state index contributed by atoms with van der Waals surface area (Å²) in [6, 6.07) is 18.5. The SMILES string of the molecule is CN(C(=O)c1ccc(N2CC[C@H](Oc3ncccc3Cl)C2)c(CC=O)c1)c1ccccc1. The van der Waals surface area contributed by atoms with Crippen LogP contribution in [-0.4, -0.2) is 43.4 Å². The number of hydrogen-bond donors (Lipinski definition) is 0. The number of pyridine rings is 1. The molecule has 7 heteroatoms. The van der Waals surface area contributed by atoms with Gasteiger partial charge in [0.15, 0.2) is 0 Å². The first kappa shape index (κ1) is 21.8. The molecule has 1 atom stereocenters. The highest BCUT2D eigenvalue weighted by Crippen LogP contribution is 2.30. The summed E-state index contributed by atoms with van der Waals surface area (Å²) in [6.07, 6.45) is 3.51. The highest BCUT2D eigenvalue weighted by molar-refractivity contribution is 6.31. The van der Waals surface area contributed by atoms with Crippen molar-refractivity contribution in [2.24, 2.45) is 0 Å². The van der Waals surface area contributed by atoms with Crippen LogP contribution in [0.4, 0.5) is 11.4 Å². The quantitative estimate of drug-likeness (QED) is 0.500. The molecule has 1 saturated heterocycles. The third kappa shape index (κ3) is 4.75. The lowest BCUT2D eigenvalue weighted by Crippen LogP contribution is -2.27. The van der Waals surface area contributed by atoms with Gasteiger partial charge in [-0.25, -0.2) is 4.98 Å². The molecule has 0 saturated carbocycles. The molecule has 0 bridgehead atoms. The molecule has 2 aromatic carbocycles. The lowest BCUT2D eigenvalue weighted by Gasteiger charge is -2.23. The molecule has 1 aliphatic rings. The van der Waals surface area contributed by atoms with E-state index in [0.29, 0.717) is 23.0 Å². The summed E-state index contributed by atoms with van der Waals surface area (Å²) in [5.74, 6) is 0.307. The maximum atomic E-state index is 13.0. The fourth-order valence-electron chi connectivity index (χ4n) is 3.90. The Morgan fingerprint density at radius 1 is 1.22 bits per heavy atom. The van der Waals surface area contributed by atoms with Gasteiger partial charge in [-0.3, -0.25) is 4.79 Å². The Kier molecular flexibility index (Phi) is 6.71. The molecule has 0 unspecified atom stereocenters. The number of benzene rings is 2. The third-order valence-electron chi connectivity index (χ3n) is 5.57. The van der Waals surface area contributed by atoms with Crippen molar-refractivity contribution in [3.8, 4) is 5.88 Å². The number of rotatable bonds is 7. The van der Waals surface area contributed by atoms with Crippen LogP contribution >= 0.6 is 11.6 Å². The lowest BCUT2D eigenvalue weighted by molar-refractivity contribution is -0.107. The summed E-state index contributed by atoms with van der Waals surface area (Å²) < 4.78 is 5.99. The van der Waals surface area contributed by atoms with Crippen LogP contribution in [0.1, 0.15) is 22.3 Å². The van der Waals surface area contributed by atoms with Gasteiger partial charge in [0.25, 0.3) is 5.91 Å². The molecule has 0 N–H and O–H groups in total. The summed E-state index contributed by atoms with van der Waals surface area (Å²) in [6.45, 7) is 1.42. The molecule has 0 aliphatic carbocycles. The zero-order valence-corrected chi connectivity index (χ0v) is 18.5. The molecule has 0 radical (unpaired) electrons. The first-order chi connectivity index (χ1) is 15.6. The van der Waals surface area contributed by atoms with Crippen molar-refractivity contribution < 1.29 is 14.3 Å². The van der Waals surface area contributed by atoms with E-state index in [0.717, 1.165) is 36.2 Å². The number of carbonyl (C=O) groups excluding carboxylic acids is 2. The Balaban J connectivity index is 1.51. The van der Waals surface area contributed by atoms with E-state index in [1.165, 1.54) is 0 Å². The maximum Gasteiger partial charge on any atom is 0.258 e. The van der Waals surface area contributed by atoms with E-state index >= 15 is 0 Å². The summed E-state index contributed by atoms with van der Waals surface area (Å²) in [7, 11) is 1.75. The van der Waals surface area contributed by atoms with Crippen molar-refractivity contribution in [3.05, 3.63) is 83.0 Å². The van der Waals surface area contributed by atoms with Crippen LogP contribution < -0.4 is 14.5 Å². The second kappa shape index (κ2) is 9.83. The topological polar surface area (TPSA) is 62.7 Å². The average molecular weight is 450 g/mol. The van der Waals surface area contributed by atoms with E-state index in [-0.39, 0.29) is 18.4 Å². The molecule has 0 spiro atoms. The van der Waals surface area contributed by atoms with E-state index in [2.05, 4.69) is 9.88 Å². The summed E-state index contributed by atoms with van der Waals surface area (Å²) in [5, 5.41) is 0.484. The van der Waals surface area contributed by atoms with Gasteiger partial charge in [0.05, 0.1) is 6.54 Å².